The van der Waals surface area contributed by atoms with Crippen LogP contribution in [0.25, 0.3) is 0 Å². The minimum atomic E-state index is 0.114. The van der Waals surface area contributed by atoms with Gasteiger partial charge in [-0.25, -0.2) is 0 Å². The summed E-state index contributed by atoms with van der Waals surface area (Å²) in [6.45, 7) is 4.81. The van der Waals surface area contributed by atoms with E-state index in [1.165, 1.54) is 25.7 Å². The molecule has 150 valence electrons. The van der Waals surface area contributed by atoms with Crippen LogP contribution in [-0.4, -0.2) is 32.2 Å². The molecule has 5 heteroatoms. The number of amides is 1. The Morgan fingerprint density at radius 3 is 2.78 bits per heavy atom. The van der Waals surface area contributed by atoms with Gasteiger partial charge in [0.2, 0.25) is 5.91 Å². The standard InChI is InChI=1S/C22H34N2O3/c1-16(17-8-6-12-23-14-17)13-21(25)24-15-18-7-5-11-20(26-2)22(18)27-19-9-3-4-10-19/h5,7,11,16-17,19,23H,3-4,6,8-10,12-15H2,1-2H3,(H,24,25). The molecule has 2 atom stereocenters. The van der Waals surface area contributed by atoms with Crippen LogP contribution in [0, 0.1) is 11.8 Å². The summed E-state index contributed by atoms with van der Waals surface area (Å²) in [4.78, 5) is 12.5. The quantitative estimate of drug-likeness (QED) is 0.729. The fourth-order valence-corrected chi connectivity index (χ4v) is 4.26. The van der Waals surface area contributed by atoms with Crippen molar-refractivity contribution < 1.29 is 14.3 Å². The lowest BCUT2D eigenvalue weighted by Gasteiger charge is -2.28. The highest BCUT2D eigenvalue weighted by Crippen LogP contribution is 2.35. The van der Waals surface area contributed by atoms with Crippen molar-refractivity contribution in [2.24, 2.45) is 11.8 Å². The summed E-state index contributed by atoms with van der Waals surface area (Å²) < 4.78 is 11.8. The molecule has 2 N–H and O–H groups in total. The number of rotatable bonds is 8. The first kappa shape index (κ1) is 20.0. The highest BCUT2D eigenvalue weighted by molar-refractivity contribution is 5.76. The van der Waals surface area contributed by atoms with E-state index in [0.717, 1.165) is 43.0 Å². The van der Waals surface area contributed by atoms with Crippen molar-refractivity contribution >= 4 is 5.91 Å². The van der Waals surface area contributed by atoms with Gasteiger partial charge in [-0.3, -0.25) is 4.79 Å². The molecule has 2 aliphatic rings. The number of carbonyl (C=O) groups excluding carboxylic acids is 1. The number of ether oxygens (including phenoxy) is 2. The van der Waals surface area contributed by atoms with Crippen molar-refractivity contribution in [1.29, 1.82) is 0 Å². The van der Waals surface area contributed by atoms with E-state index in [1.54, 1.807) is 7.11 Å². The highest BCUT2D eigenvalue weighted by atomic mass is 16.5. The highest BCUT2D eigenvalue weighted by Gasteiger charge is 2.23. The normalized spacial score (nSPS) is 21.6. The molecule has 1 heterocycles. The molecule has 1 saturated heterocycles. The molecule has 27 heavy (non-hydrogen) atoms. The average Bonchev–Trinajstić information content (AvgIpc) is 3.21. The number of benzene rings is 1. The van der Waals surface area contributed by atoms with Crippen LogP contribution in [-0.2, 0) is 11.3 Å². The Kier molecular flexibility index (Phi) is 7.39. The molecule has 0 bridgehead atoms. The smallest absolute Gasteiger partial charge is 0.220 e. The molecule has 1 aromatic rings. The monoisotopic (exact) mass is 374 g/mol. The van der Waals surface area contributed by atoms with Gasteiger partial charge < -0.3 is 20.1 Å². The Hall–Kier alpha value is -1.75. The summed E-state index contributed by atoms with van der Waals surface area (Å²) in [7, 11) is 1.67. The molecule has 1 aliphatic heterocycles. The Labute approximate surface area is 163 Å². The number of hydrogen-bond acceptors (Lipinski definition) is 4. The van der Waals surface area contributed by atoms with Gasteiger partial charge in [0.25, 0.3) is 0 Å². The molecule has 1 aromatic carbocycles. The summed E-state index contributed by atoms with van der Waals surface area (Å²) in [6.07, 6.45) is 7.90. The van der Waals surface area contributed by atoms with E-state index in [0.29, 0.717) is 24.8 Å². The van der Waals surface area contributed by atoms with E-state index in [2.05, 4.69) is 17.6 Å². The Morgan fingerprint density at radius 1 is 1.26 bits per heavy atom. The molecule has 1 saturated carbocycles. The van der Waals surface area contributed by atoms with Crippen molar-refractivity contribution in [3.63, 3.8) is 0 Å². The van der Waals surface area contributed by atoms with Crippen molar-refractivity contribution in [3.8, 4) is 11.5 Å². The summed E-state index contributed by atoms with van der Waals surface area (Å²) in [5.74, 6) is 2.65. The van der Waals surface area contributed by atoms with Crippen LogP contribution in [0.3, 0.4) is 0 Å². The third kappa shape index (κ3) is 5.61. The van der Waals surface area contributed by atoms with Crippen LogP contribution < -0.4 is 20.1 Å². The van der Waals surface area contributed by atoms with Gasteiger partial charge in [0.15, 0.2) is 11.5 Å². The summed E-state index contributed by atoms with van der Waals surface area (Å²) in [5, 5.41) is 6.53. The SMILES string of the molecule is COc1cccc(CNC(=O)CC(C)C2CCCNC2)c1OC1CCCC1. The number of hydrogen-bond donors (Lipinski definition) is 2. The van der Waals surface area contributed by atoms with Crippen LogP contribution in [0.15, 0.2) is 18.2 Å². The van der Waals surface area contributed by atoms with Gasteiger partial charge in [0.1, 0.15) is 0 Å². The molecule has 3 rings (SSSR count). The maximum Gasteiger partial charge on any atom is 0.220 e. The zero-order valence-electron chi connectivity index (χ0n) is 16.8. The maximum atomic E-state index is 12.5. The van der Waals surface area contributed by atoms with E-state index in [9.17, 15) is 4.79 Å². The lowest BCUT2D eigenvalue weighted by atomic mass is 9.85. The van der Waals surface area contributed by atoms with Crippen molar-refractivity contribution in [2.45, 2.75) is 64.5 Å². The van der Waals surface area contributed by atoms with E-state index in [-0.39, 0.29) is 12.0 Å². The van der Waals surface area contributed by atoms with Crippen LogP contribution in [0.2, 0.25) is 0 Å². The third-order valence-corrected chi connectivity index (χ3v) is 5.99. The lowest BCUT2D eigenvalue weighted by Crippen LogP contribution is -2.35. The largest absolute Gasteiger partial charge is 0.493 e. The first-order valence-corrected chi connectivity index (χ1v) is 10.5. The summed E-state index contributed by atoms with van der Waals surface area (Å²) >= 11 is 0. The zero-order valence-corrected chi connectivity index (χ0v) is 16.8. The molecule has 1 amide bonds. The van der Waals surface area contributed by atoms with E-state index in [4.69, 9.17) is 9.47 Å². The minimum absolute atomic E-state index is 0.114. The average molecular weight is 375 g/mol. The van der Waals surface area contributed by atoms with Crippen molar-refractivity contribution in [2.75, 3.05) is 20.2 Å². The van der Waals surface area contributed by atoms with Gasteiger partial charge in [0, 0.05) is 18.5 Å². The van der Waals surface area contributed by atoms with Crippen molar-refractivity contribution in [3.05, 3.63) is 23.8 Å². The molecule has 0 radical (unpaired) electrons. The summed E-state index contributed by atoms with van der Waals surface area (Å²) in [6, 6.07) is 5.90. The first-order valence-electron chi connectivity index (χ1n) is 10.5. The molecule has 2 fully saturated rings. The number of carbonyl (C=O) groups is 1. The van der Waals surface area contributed by atoms with Crippen LogP contribution in [0.5, 0.6) is 11.5 Å². The molecular weight excluding hydrogens is 340 g/mol. The van der Waals surface area contributed by atoms with Gasteiger partial charge in [-0.15, -0.1) is 0 Å². The van der Waals surface area contributed by atoms with Gasteiger partial charge >= 0.3 is 0 Å². The van der Waals surface area contributed by atoms with Gasteiger partial charge in [0.05, 0.1) is 13.2 Å². The van der Waals surface area contributed by atoms with E-state index in [1.807, 2.05) is 18.2 Å². The molecular formula is C22H34N2O3. The molecule has 1 aliphatic carbocycles. The van der Waals surface area contributed by atoms with Gasteiger partial charge in [-0.1, -0.05) is 19.1 Å². The van der Waals surface area contributed by atoms with E-state index >= 15 is 0 Å². The number of para-hydroxylation sites is 1. The minimum Gasteiger partial charge on any atom is -0.493 e. The fraction of sp³-hybridized carbons (Fsp3) is 0.682. The Balaban J connectivity index is 1.56. The Morgan fingerprint density at radius 2 is 2.07 bits per heavy atom. The lowest BCUT2D eigenvalue weighted by molar-refractivity contribution is -0.122. The second kappa shape index (κ2) is 9.98. The number of piperidine rings is 1. The molecule has 2 unspecified atom stereocenters. The molecule has 0 aromatic heterocycles. The first-order chi connectivity index (χ1) is 13.2. The number of nitrogens with one attached hydrogen (secondary N) is 2. The van der Waals surface area contributed by atoms with Gasteiger partial charge in [-0.2, -0.15) is 0 Å². The van der Waals surface area contributed by atoms with Crippen LogP contribution in [0.4, 0.5) is 0 Å². The van der Waals surface area contributed by atoms with Gasteiger partial charge in [-0.05, 0) is 69.5 Å². The third-order valence-electron chi connectivity index (χ3n) is 5.99. The summed E-state index contributed by atoms with van der Waals surface area (Å²) in [5.41, 5.74) is 0.988. The second-order valence-corrected chi connectivity index (χ2v) is 8.04. The van der Waals surface area contributed by atoms with Crippen LogP contribution >= 0.6 is 0 Å². The maximum absolute atomic E-state index is 12.5. The number of methoxy groups -OCH3 is 1. The van der Waals surface area contributed by atoms with E-state index < -0.39 is 0 Å². The fourth-order valence-electron chi connectivity index (χ4n) is 4.26. The predicted molar refractivity (Wildman–Crippen MR) is 107 cm³/mol. The molecule has 0 spiro atoms. The zero-order chi connectivity index (χ0) is 19.1. The second-order valence-electron chi connectivity index (χ2n) is 8.04. The van der Waals surface area contributed by atoms with Crippen molar-refractivity contribution in [1.82, 2.24) is 10.6 Å². The molecule has 5 nitrogen and oxygen atoms in total. The predicted octanol–water partition coefficient (Wildman–Crippen LogP) is 3.66. The van der Waals surface area contributed by atoms with Crippen LogP contribution in [0.1, 0.15) is 57.4 Å². The Bertz CT molecular complexity index is 608. The topological polar surface area (TPSA) is 59.6 Å².